The van der Waals surface area contributed by atoms with E-state index in [1.54, 1.807) is 0 Å². The minimum absolute atomic E-state index is 0.182. The zero-order valence-corrected chi connectivity index (χ0v) is 11.4. The first-order chi connectivity index (χ1) is 9.67. The molecule has 0 radical (unpaired) electrons. The highest BCUT2D eigenvalue weighted by Crippen LogP contribution is 2.46. The van der Waals surface area contributed by atoms with Crippen LogP contribution in [-0.2, 0) is 10.3 Å². The second kappa shape index (κ2) is 4.06. The van der Waals surface area contributed by atoms with Crippen LogP contribution >= 0.6 is 0 Å². The minimum atomic E-state index is -0.182. The third-order valence-electron chi connectivity index (χ3n) is 4.56. The van der Waals surface area contributed by atoms with Crippen LogP contribution in [0, 0.1) is 0 Å². The monoisotopic (exact) mass is 266 g/mol. The lowest BCUT2D eigenvalue weighted by Gasteiger charge is -2.21. The van der Waals surface area contributed by atoms with Crippen LogP contribution < -0.4 is 10.6 Å². The van der Waals surface area contributed by atoms with Gasteiger partial charge in [0.15, 0.2) is 0 Å². The number of nitrogens with zero attached hydrogens (tertiary/aromatic N) is 1. The largest absolute Gasteiger partial charge is 0.321 e. The predicted molar refractivity (Wildman–Crippen MR) is 80.6 cm³/mol. The first-order valence-corrected chi connectivity index (χ1v) is 7.30. The van der Waals surface area contributed by atoms with Crippen LogP contribution in [0.2, 0.25) is 0 Å². The van der Waals surface area contributed by atoms with E-state index in [1.165, 1.54) is 16.3 Å². The summed E-state index contributed by atoms with van der Waals surface area (Å²) in [6, 6.07) is 12.6. The van der Waals surface area contributed by atoms with E-state index in [-0.39, 0.29) is 11.4 Å². The van der Waals surface area contributed by atoms with Crippen molar-refractivity contribution in [3.63, 3.8) is 0 Å². The summed E-state index contributed by atoms with van der Waals surface area (Å²) in [4.78, 5) is 13.9. The average molecular weight is 266 g/mol. The highest BCUT2D eigenvalue weighted by molar-refractivity contribution is 5.99. The molecule has 4 rings (SSSR count). The topological polar surface area (TPSA) is 46.3 Å². The fourth-order valence-corrected chi connectivity index (χ4v) is 3.19. The minimum Gasteiger partial charge on any atom is -0.321 e. The standard InChI is InChI=1S/C17H18N2O/c18-17(7-8-17)15-11-13(19-9-3-6-16(19)20)10-12-4-1-2-5-14(12)15/h1-2,4-5,10-11H,3,6-9,18H2. The number of benzene rings is 2. The quantitative estimate of drug-likeness (QED) is 0.908. The van der Waals surface area contributed by atoms with Gasteiger partial charge in [-0.3, -0.25) is 4.79 Å². The molecular formula is C17H18N2O. The van der Waals surface area contributed by atoms with Crippen molar-refractivity contribution in [2.24, 2.45) is 5.73 Å². The normalized spacial score (nSPS) is 20.6. The molecule has 1 saturated heterocycles. The number of anilines is 1. The summed E-state index contributed by atoms with van der Waals surface area (Å²) >= 11 is 0. The van der Waals surface area contributed by atoms with Crippen LogP contribution in [-0.4, -0.2) is 12.5 Å². The number of nitrogens with two attached hydrogens (primary N) is 1. The third-order valence-corrected chi connectivity index (χ3v) is 4.56. The van der Waals surface area contributed by atoms with Crippen molar-refractivity contribution >= 4 is 22.4 Å². The van der Waals surface area contributed by atoms with Crippen LogP contribution in [0.4, 0.5) is 5.69 Å². The molecule has 0 aromatic heterocycles. The van der Waals surface area contributed by atoms with Crippen molar-refractivity contribution in [2.45, 2.75) is 31.2 Å². The predicted octanol–water partition coefficient (Wildman–Crippen LogP) is 2.91. The van der Waals surface area contributed by atoms with Gasteiger partial charge >= 0.3 is 0 Å². The lowest BCUT2D eigenvalue weighted by atomic mass is 9.96. The van der Waals surface area contributed by atoms with Crippen LogP contribution in [0.3, 0.4) is 0 Å². The van der Waals surface area contributed by atoms with E-state index in [1.807, 2.05) is 11.0 Å². The molecule has 1 aliphatic heterocycles. The Labute approximate surface area is 118 Å². The molecule has 2 aliphatic rings. The summed E-state index contributed by atoms with van der Waals surface area (Å²) < 4.78 is 0. The molecule has 3 heteroatoms. The Morgan fingerprint density at radius 1 is 1.15 bits per heavy atom. The molecule has 1 aliphatic carbocycles. The van der Waals surface area contributed by atoms with Crippen LogP contribution in [0.1, 0.15) is 31.2 Å². The number of hydrogen-bond acceptors (Lipinski definition) is 2. The molecule has 20 heavy (non-hydrogen) atoms. The van der Waals surface area contributed by atoms with Crippen molar-refractivity contribution in [1.29, 1.82) is 0 Å². The van der Waals surface area contributed by atoms with Crippen molar-refractivity contribution in [3.05, 3.63) is 42.0 Å². The van der Waals surface area contributed by atoms with Gasteiger partial charge < -0.3 is 10.6 Å². The van der Waals surface area contributed by atoms with E-state index >= 15 is 0 Å². The molecule has 0 spiro atoms. The average Bonchev–Trinajstić information content (AvgIpc) is 3.06. The van der Waals surface area contributed by atoms with Gasteiger partial charge in [0.05, 0.1) is 0 Å². The summed E-state index contributed by atoms with van der Waals surface area (Å²) in [5.74, 6) is 0.230. The van der Waals surface area contributed by atoms with Gasteiger partial charge in [-0.2, -0.15) is 0 Å². The first-order valence-electron chi connectivity index (χ1n) is 7.30. The summed E-state index contributed by atoms with van der Waals surface area (Å²) in [7, 11) is 0. The Bertz CT molecular complexity index is 703. The maximum Gasteiger partial charge on any atom is 0.227 e. The van der Waals surface area contributed by atoms with Crippen molar-refractivity contribution in [3.8, 4) is 0 Å². The summed E-state index contributed by atoms with van der Waals surface area (Å²) in [5, 5.41) is 2.40. The van der Waals surface area contributed by atoms with Crippen molar-refractivity contribution in [2.75, 3.05) is 11.4 Å². The summed E-state index contributed by atoms with van der Waals surface area (Å²) in [6.07, 6.45) is 3.69. The van der Waals surface area contributed by atoms with Crippen molar-refractivity contribution < 1.29 is 4.79 Å². The Balaban J connectivity index is 1.93. The molecule has 2 aromatic rings. The van der Waals surface area contributed by atoms with Crippen molar-refractivity contribution in [1.82, 2.24) is 0 Å². The summed E-state index contributed by atoms with van der Waals surface area (Å²) in [6.45, 7) is 0.828. The molecule has 0 bridgehead atoms. The second-order valence-electron chi connectivity index (χ2n) is 6.02. The Morgan fingerprint density at radius 3 is 2.65 bits per heavy atom. The fraction of sp³-hybridized carbons (Fsp3) is 0.353. The van der Waals surface area contributed by atoms with Gasteiger partial charge in [0.25, 0.3) is 0 Å². The number of hydrogen-bond donors (Lipinski definition) is 1. The molecule has 1 saturated carbocycles. The van der Waals surface area contributed by atoms with E-state index < -0.39 is 0 Å². The smallest absolute Gasteiger partial charge is 0.227 e. The number of carbonyl (C=O) groups is 1. The Hall–Kier alpha value is -1.87. The fourth-order valence-electron chi connectivity index (χ4n) is 3.19. The molecule has 1 heterocycles. The van der Waals surface area contributed by atoms with E-state index in [4.69, 9.17) is 5.73 Å². The maximum atomic E-state index is 12.0. The van der Waals surface area contributed by atoms with Gasteiger partial charge in [0, 0.05) is 24.2 Å². The van der Waals surface area contributed by atoms with Crippen LogP contribution in [0.15, 0.2) is 36.4 Å². The molecular weight excluding hydrogens is 248 g/mol. The van der Waals surface area contributed by atoms with Gasteiger partial charge in [-0.15, -0.1) is 0 Å². The SMILES string of the molecule is NC1(c2cc(N3CCCC3=O)cc3ccccc23)CC1. The molecule has 1 amide bonds. The molecule has 2 N–H and O–H groups in total. The number of fused-ring (bicyclic) bond motifs is 1. The van der Waals surface area contributed by atoms with Gasteiger partial charge in [-0.25, -0.2) is 0 Å². The molecule has 102 valence electrons. The van der Waals surface area contributed by atoms with E-state index in [2.05, 4.69) is 30.3 Å². The summed E-state index contributed by atoms with van der Waals surface area (Å²) in [5.41, 5.74) is 8.46. The Kier molecular flexibility index (Phi) is 2.42. The van der Waals surface area contributed by atoms with Gasteiger partial charge in [-0.05, 0) is 47.7 Å². The first kappa shape index (κ1) is 11.9. The molecule has 3 nitrogen and oxygen atoms in total. The highest BCUT2D eigenvalue weighted by atomic mass is 16.2. The molecule has 2 aromatic carbocycles. The zero-order chi connectivity index (χ0) is 13.7. The van der Waals surface area contributed by atoms with Crippen LogP contribution in [0.25, 0.3) is 10.8 Å². The number of amides is 1. The lowest BCUT2D eigenvalue weighted by molar-refractivity contribution is -0.117. The molecule has 0 atom stereocenters. The number of carbonyl (C=O) groups excluding carboxylic acids is 1. The second-order valence-corrected chi connectivity index (χ2v) is 6.02. The van der Waals surface area contributed by atoms with E-state index in [9.17, 15) is 4.79 Å². The molecule has 0 unspecified atom stereocenters. The number of rotatable bonds is 2. The van der Waals surface area contributed by atoms with Gasteiger partial charge in [-0.1, -0.05) is 24.3 Å². The zero-order valence-electron chi connectivity index (χ0n) is 11.4. The Morgan fingerprint density at radius 2 is 1.95 bits per heavy atom. The molecule has 2 fully saturated rings. The van der Waals surface area contributed by atoms with E-state index in [0.29, 0.717) is 6.42 Å². The van der Waals surface area contributed by atoms with Gasteiger partial charge in [0.2, 0.25) is 5.91 Å². The van der Waals surface area contributed by atoms with Gasteiger partial charge in [0.1, 0.15) is 0 Å². The lowest BCUT2D eigenvalue weighted by Crippen LogP contribution is -2.25. The third kappa shape index (κ3) is 1.74. The maximum absolute atomic E-state index is 12.0. The highest BCUT2D eigenvalue weighted by Gasteiger charge is 2.41. The van der Waals surface area contributed by atoms with Crippen LogP contribution in [0.5, 0.6) is 0 Å². The van der Waals surface area contributed by atoms with E-state index in [0.717, 1.165) is 31.5 Å².